The van der Waals surface area contributed by atoms with Crippen LogP contribution in [0.5, 0.6) is 0 Å². The van der Waals surface area contributed by atoms with Gasteiger partial charge in [0.2, 0.25) is 0 Å². The van der Waals surface area contributed by atoms with Gasteiger partial charge in [-0.1, -0.05) is 36.4 Å². The van der Waals surface area contributed by atoms with Crippen LogP contribution in [0, 0.1) is 0 Å². The maximum Gasteiger partial charge on any atom is 0.259 e. The first-order valence-electron chi connectivity index (χ1n) is 12.0. The van der Waals surface area contributed by atoms with E-state index in [0.717, 1.165) is 52.4 Å². The van der Waals surface area contributed by atoms with Crippen LogP contribution >= 0.6 is 12.4 Å². The molecule has 4 heterocycles. The molecule has 4 aromatic rings. The van der Waals surface area contributed by atoms with E-state index in [-0.39, 0.29) is 30.3 Å². The number of hydrogen-bond donors (Lipinski definition) is 1. The highest BCUT2D eigenvalue weighted by atomic mass is 35.5. The number of benzene rings is 2. The second-order valence-corrected chi connectivity index (χ2v) is 9.58. The first kappa shape index (κ1) is 24.3. The number of amides is 2. The first-order valence-corrected chi connectivity index (χ1v) is 12.0. The number of carbonyl (C=O) groups is 2. The van der Waals surface area contributed by atoms with Crippen LogP contribution < -0.4 is 5.32 Å². The van der Waals surface area contributed by atoms with Crippen LogP contribution in [0.4, 0.5) is 0 Å². The predicted octanol–water partition coefficient (Wildman–Crippen LogP) is 3.94. The molecular formula is C28H29ClN4O3. The zero-order chi connectivity index (χ0) is 24.1. The van der Waals surface area contributed by atoms with E-state index < -0.39 is 0 Å². The highest BCUT2D eigenvalue weighted by molar-refractivity contribution is 6.50. The molecule has 1 atom stereocenters. The Morgan fingerprint density at radius 1 is 0.861 bits per heavy atom. The Balaban J connectivity index is 0.00000267. The Hall–Kier alpha value is -3.39. The fourth-order valence-electron chi connectivity index (χ4n) is 5.47. The van der Waals surface area contributed by atoms with E-state index in [4.69, 9.17) is 4.74 Å². The van der Waals surface area contributed by atoms with Crippen LogP contribution in [0.1, 0.15) is 17.5 Å². The van der Waals surface area contributed by atoms with Crippen LogP contribution in [0.3, 0.4) is 0 Å². The molecule has 2 aromatic carbocycles. The summed E-state index contributed by atoms with van der Waals surface area (Å²) in [4.78, 5) is 28.5. The SMILES string of the molecule is CN(C)CC1CCn2cc(c3ccccc32)C2=C(C(=O)NC2=O)c2cn(c3ccccc23)CCO1.Cl. The fourth-order valence-corrected chi connectivity index (χ4v) is 5.47. The molecule has 2 aliphatic rings. The number of fused-ring (bicyclic) bond motifs is 12. The quantitative estimate of drug-likeness (QED) is 0.420. The molecule has 7 nitrogen and oxygen atoms in total. The number of ether oxygens (including phenoxy) is 1. The molecule has 4 bridgehead atoms. The third-order valence-corrected chi connectivity index (χ3v) is 6.99. The summed E-state index contributed by atoms with van der Waals surface area (Å²) < 4.78 is 10.7. The van der Waals surface area contributed by atoms with Gasteiger partial charge >= 0.3 is 0 Å². The van der Waals surface area contributed by atoms with Gasteiger partial charge in [-0.05, 0) is 32.6 Å². The average Bonchev–Trinajstić information content (AvgIpc) is 3.47. The summed E-state index contributed by atoms with van der Waals surface area (Å²) >= 11 is 0. The summed E-state index contributed by atoms with van der Waals surface area (Å²) in [6.07, 6.45) is 4.93. The number of aryl methyl sites for hydroxylation is 1. The van der Waals surface area contributed by atoms with Crippen molar-refractivity contribution in [3.8, 4) is 0 Å². The maximum absolute atomic E-state index is 13.2. The number of aromatic nitrogens is 2. The fraction of sp³-hybridized carbons (Fsp3) is 0.286. The third kappa shape index (κ3) is 4.03. The number of carbonyl (C=O) groups excluding carboxylic acids is 2. The van der Waals surface area contributed by atoms with Gasteiger partial charge in [0, 0.05) is 65.0 Å². The second kappa shape index (κ2) is 9.58. The van der Waals surface area contributed by atoms with Crippen LogP contribution in [0.15, 0.2) is 60.9 Å². The van der Waals surface area contributed by atoms with E-state index >= 15 is 0 Å². The number of nitrogens with zero attached hydrogens (tertiary/aromatic N) is 3. The number of hydrogen-bond acceptors (Lipinski definition) is 4. The van der Waals surface area contributed by atoms with Gasteiger partial charge in [0.25, 0.3) is 11.8 Å². The predicted molar refractivity (Wildman–Crippen MR) is 144 cm³/mol. The molecule has 2 amide bonds. The molecule has 0 fully saturated rings. The first-order chi connectivity index (χ1) is 17.0. The molecule has 6 rings (SSSR count). The molecular weight excluding hydrogens is 476 g/mol. The van der Waals surface area contributed by atoms with Gasteiger partial charge in [-0.2, -0.15) is 0 Å². The molecule has 2 aromatic heterocycles. The van der Waals surface area contributed by atoms with E-state index in [1.165, 1.54) is 0 Å². The van der Waals surface area contributed by atoms with Crippen LogP contribution in [0.2, 0.25) is 0 Å². The number of para-hydroxylation sites is 2. The normalized spacial score (nSPS) is 18.4. The molecule has 8 heteroatoms. The van der Waals surface area contributed by atoms with Gasteiger partial charge in [0.15, 0.2) is 0 Å². The van der Waals surface area contributed by atoms with Gasteiger partial charge in [-0.15, -0.1) is 12.4 Å². The van der Waals surface area contributed by atoms with Crippen molar-refractivity contribution in [2.24, 2.45) is 0 Å². The minimum atomic E-state index is -0.348. The minimum absolute atomic E-state index is 0. The van der Waals surface area contributed by atoms with Crippen molar-refractivity contribution in [2.75, 3.05) is 27.2 Å². The lowest BCUT2D eigenvalue weighted by Gasteiger charge is -2.22. The van der Waals surface area contributed by atoms with Crippen molar-refractivity contribution in [3.05, 3.63) is 72.1 Å². The topological polar surface area (TPSA) is 68.5 Å². The molecule has 0 saturated heterocycles. The molecule has 0 aliphatic carbocycles. The zero-order valence-electron chi connectivity index (χ0n) is 20.4. The largest absolute Gasteiger partial charge is 0.375 e. The van der Waals surface area contributed by atoms with Gasteiger partial charge in [0.05, 0.1) is 23.9 Å². The molecule has 2 aliphatic heterocycles. The van der Waals surface area contributed by atoms with Gasteiger partial charge < -0.3 is 18.8 Å². The number of rotatable bonds is 2. The smallest absolute Gasteiger partial charge is 0.259 e. The molecule has 1 unspecified atom stereocenters. The second-order valence-electron chi connectivity index (χ2n) is 9.58. The summed E-state index contributed by atoms with van der Waals surface area (Å²) in [7, 11) is 4.13. The number of imide groups is 1. The molecule has 0 saturated carbocycles. The van der Waals surface area contributed by atoms with E-state index in [0.29, 0.717) is 24.3 Å². The summed E-state index contributed by atoms with van der Waals surface area (Å²) in [5.74, 6) is -0.690. The third-order valence-electron chi connectivity index (χ3n) is 6.99. The summed E-state index contributed by atoms with van der Waals surface area (Å²) in [6, 6.07) is 16.1. The summed E-state index contributed by atoms with van der Waals surface area (Å²) in [6.45, 7) is 2.81. The number of halogens is 1. The molecule has 36 heavy (non-hydrogen) atoms. The van der Waals surface area contributed by atoms with Gasteiger partial charge in [0.1, 0.15) is 0 Å². The van der Waals surface area contributed by atoms with E-state index in [1.807, 2.05) is 48.8 Å². The zero-order valence-corrected chi connectivity index (χ0v) is 21.2. The van der Waals surface area contributed by atoms with Crippen molar-refractivity contribution in [3.63, 3.8) is 0 Å². The summed E-state index contributed by atoms with van der Waals surface area (Å²) in [5, 5.41) is 4.48. The molecule has 0 spiro atoms. The maximum atomic E-state index is 13.2. The van der Waals surface area contributed by atoms with Crippen LogP contribution in [-0.2, 0) is 27.4 Å². The Kier molecular flexibility index (Phi) is 6.47. The molecule has 0 radical (unpaired) electrons. The Morgan fingerprint density at radius 2 is 1.39 bits per heavy atom. The van der Waals surface area contributed by atoms with Crippen LogP contribution in [-0.4, -0.2) is 59.2 Å². The lowest BCUT2D eigenvalue weighted by atomic mass is 9.95. The van der Waals surface area contributed by atoms with Crippen molar-refractivity contribution >= 4 is 57.2 Å². The number of likely N-dealkylation sites (N-methyl/N-ethyl adjacent to an activating group) is 1. The number of nitrogens with one attached hydrogen (secondary N) is 1. The van der Waals surface area contributed by atoms with Gasteiger partial charge in [-0.3, -0.25) is 14.9 Å². The Bertz CT molecular complexity index is 1510. The van der Waals surface area contributed by atoms with Crippen molar-refractivity contribution in [1.29, 1.82) is 0 Å². The lowest BCUT2D eigenvalue weighted by molar-refractivity contribution is -0.122. The van der Waals surface area contributed by atoms with E-state index in [9.17, 15) is 9.59 Å². The average molecular weight is 505 g/mol. The highest BCUT2D eigenvalue weighted by Gasteiger charge is 2.35. The van der Waals surface area contributed by atoms with E-state index in [2.05, 4.69) is 45.6 Å². The minimum Gasteiger partial charge on any atom is -0.375 e. The highest BCUT2D eigenvalue weighted by Crippen LogP contribution is 2.39. The van der Waals surface area contributed by atoms with Gasteiger partial charge in [-0.25, -0.2) is 0 Å². The van der Waals surface area contributed by atoms with Crippen molar-refractivity contribution < 1.29 is 14.3 Å². The summed E-state index contributed by atoms with van der Waals surface area (Å²) in [5.41, 5.74) is 4.52. The standard InChI is InChI=1S/C28H28N4O3.ClH/c1-30(2)15-18-11-12-31-16-21(19-7-3-5-9-23(19)31)25-26(28(34)29-27(25)33)22-17-32(13-14-35-18)24-10-6-4-8-20(22)24;/h3-10,16-18H,11-15H2,1-2H3,(H,29,33,34);1H. The van der Waals surface area contributed by atoms with E-state index in [1.54, 1.807) is 0 Å². The molecule has 1 N–H and O–H groups in total. The van der Waals surface area contributed by atoms with Crippen molar-refractivity contribution in [1.82, 2.24) is 19.4 Å². The Morgan fingerprint density at radius 3 is 1.94 bits per heavy atom. The van der Waals surface area contributed by atoms with Crippen LogP contribution in [0.25, 0.3) is 33.0 Å². The Labute approximate surface area is 215 Å². The monoisotopic (exact) mass is 504 g/mol. The lowest BCUT2D eigenvalue weighted by Crippen LogP contribution is -2.30. The molecule has 186 valence electrons. The van der Waals surface area contributed by atoms with Crippen molar-refractivity contribution in [2.45, 2.75) is 25.6 Å².